The second-order valence-electron chi connectivity index (χ2n) is 9.77. The molecule has 0 aromatic heterocycles. The molecular weight excluding hydrogens is 540 g/mol. The van der Waals surface area contributed by atoms with Crippen LogP contribution in [0.25, 0.3) is 0 Å². The zero-order valence-electron chi connectivity index (χ0n) is 24.3. The number of rotatable bonds is 14. The molecule has 218 valence electrons. The molecule has 7 heteroatoms. The molecule has 4 aromatic carbocycles. The Kier molecular flexibility index (Phi) is 10.8. The lowest BCUT2D eigenvalue weighted by molar-refractivity contribution is -0.139. The van der Waals surface area contributed by atoms with Gasteiger partial charge in [-0.1, -0.05) is 49.6 Å². The van der Waals surface area contributed by atoms with Gasteiger partial charge in [-0.05, 0) is 58.7 Å². The van der Waals surface area contributed by atoms with Crippen LogP contribution in [0.15, 0.2) is 122 Å². The first-order chi connectivity index (χ1) is 20.9. The molecule has 0 amide bonds. The molecule has 0 bridgehead atoms. The van der Waals surface area contributed by atoms with Gasteiger partial charge in [0, 0.05) is 54.8 Å². The van der Waals surface area contributed by atoms with Crippen LogP contribution in [0.3, 0.4) is 0 Å². The standard InChI is InChI=1S/C36H35N2O5/c1-5-35(39)42-25-29-11-19-33(20-12-29)37(3)31-15-7-27(8-16-31)23-41-24-28-9-17-32(18-10-28)38(4)34-21-13-30(14-22-34)26-43-36(40)6-2/h5-22H,1-3,23-26H2,4H3/q+1. The first-order valence-corrected chi connectivity index (χ1v) is 13.7. The van der Waals surface area contributed by atoms with E-state index < -0.39 is 11.9 Å². The third-order valence-corrected chi connectivity index (χ3v) is 6.78. The van der Waals surface area contributed by atoms with Crippen molar-refractivity contribution >= 4 is 41.4 Å². The van der Waals surface area contributed by atoms with Crippen LogP contribution in [0, 0.1) is 0 Å². The molecule has 0 spiro atoms. The highest BCUT2D eigenvalue weighted by molar-refractivity contribution is 5.81. The van der Waals surface area contributed by atoms with E-state index in [9.17, 15) is 9.59 Å². The monoisotopic (exact) mass is 575 g/mol. The highest BCUT2D eigenvalue weighted by atomic mass is 16.5. The maximum absolute atomic E-state index is 11.3. The van der Waals surface area contributed by atoms with Gasteiger partial charge in [0.15, 0.2) is 0 Å². The van der Waals surface area contributed by atoms with Crippen molar-refractivity contribution < 1.29 is 23.8 Å². The van der Waals surface area contributed by atoms with Gasteiger partial charge < -0.3 is 19.1 Å². The molecule has 0 saturated heterocycles. The quantitative estimate of drug-likeness (QED) is 0.0688. The average Bonchev–Trinajstić information content (AvgIpc) is 3.06. The predicted molar refractivity (Wildman–Crippen MR) is 171 cm³/mol. The number of carbonyl (C=O) groups is 2. The van der Waals surface area contributed by atoms with Gasteiger partial charge in [0.05, 0.1) is 13.2 Å². The van der Waals surface area contributed by atoms with Crippen LogP contribution in [0.2, 0.25) is 0 Å². The summed E-state index contributed by atoms with van der Waals surface area (Å²) in [7, 11) is 2.01. The Labute approximate surface area is 252 Å². The van der Waals surface area contributed by atoms with Crippen molar-refractivity contribution in [1.82, 2.24) is 4.58 Å². The molecule has 0 heterocycles. The Balaban J connectivity index is 1.24. The number of hydrogen-bond donors (Lipinski definition) is 0. The van der Waals surface area contributed by atoms with Gasteiger partial charge in [-0.15, -0.1) is 0 Å². The Morgan fingerprint density at radius 1 is 0.605 bits per heavy atom. The Morgan fingerprint density at radius 2 is 0.930 bits per heavy atom. The van der Waals surface area contributed by atoms with Gasteiger partial charge in [-0.2, -0.15) is 4.58 Å². The summed E-state index contributed by atoms with van der Waals surface area (Å²) < 4.78 is 18.0. The SMILES string of the molecule is C=CC(=O)OCc1ccc(N(C)c2ccc(COCc3ccc([N+](=C)c4ccc(COC(=O)C=C)cc4)cc3)cc2)cc1. The van der Waals surface area contributed by atoms with E-state index in [1.807, 2.05) is 84.4 Å². The van der Waals surface area contributed by atoms with E-state index in [1.54, 1.807) is 0 Å². The highest BCUT2D eigenvalue weighted by Crippen LogP contribution is 2.25. The summed E-state index contributed by atoms with van der Waals surface area (Å²) in [4.78, 5) is 24.6. The van der Waals surface area contributed by atoms with Crippen LogP contribution in [-0.2, 0) is 50.2 Å². The minimum Gasteiger partial charge on any atom is -0.458 e. The fourth-order valence-electron chi connectivity index (χ4n) is 4.19. The largest absolute Gasteiger partial charge is 0.458 e. The maximum atomic E-state index is 11.3. The average molecular weight is 576 g/mol. The van der Waals surface area contributed by atoms with Crippen molar-refractivity contribution in [2.75, 3.05) is 11.9 Å². The zero-order chi connectivity index (χ0) is 30.6. The van der Waals surface area contributed by atoms with Crippen LogP contribution in [-0.4, -0.2) is 25.7 Å². The summed E-state index contributed by atoms with van der Waals surface area (Å²) in [5.41, 5.74) is 7.88. The van der Waals surface area contributed by atoms with Gasteiger partial charge in [0.2, 0.25) is 11.4 Å². The number of hydrogen-bond acceptors (Lipinski definition) is 6. The third kappa shape index (κ3) is 8.86. The minimum atomic E-state index is -0.444. The number of benzene rings is 4. The first-order valence-electron chi connectivity index (χ1n) is 13.7. The molecular formula is C36H35N2O5+. The summed E-state index contributed by atoms with van der Waals surface area (Å²) >= 11 is 0. The van der Waals surface area contributed by atoms with Gasteiger partial charge in [0.25, 0.3) is 0 Å². The van der Waals surface area contributed by atoms with E-state index >= 15 is 0 Å². The number of carbonyl (C=O) groups excluding carboxylic acids is 2. The van der Waals surface area contributed by atoms with Crippen molar-refractivity contribution in [3.05, 3.63) is 145 Å². The fourth-order valence-corrected chi connectivity index (χ4v) is 4.19. The fraction of sp³-hybridized carbons (Fsp3) is 0.139. The maximum Gasteiger partial charge on any atom is 0.330 e. The molecule has 0 aliphatic carbocycles. The number of anilines is 2. The topological polar surface area (TPSA) is 68.1 Å². The van der Waals surface area contributed by atoms with Crippen molar-refractivity contribution in [1.29, 1.82) is 0 Å². The number of nitrogens with zero attached hydrogens (tertiary/aromatic N) is 2. The Morgan fingerprint density at radius 3 is 1.28 bits per heavy atom. The van der Waals surface area contributed by atoms with Crippen LogP contribution in [0.5, 0.6) is 0 Å². The van der Waals surface area contributed by atoms with E-state index in [0.29, 0.717) is 13.2 Å². The summed E-state index contributed by atoms with van der Waals surface area (Å²) in [5, 5.41) is 0. The number of esters is 2. The van der Waals surface area contributed by atoms with E-state index in [4.69, 9.17) is 14.2 Å². The molecule has 4 aromatic rings. The molecule has 0 saturated carbocycles. The summed E-state index contributed by atoms with van der Waals surface area (Å²) in [6.07, 6.45) is 2.31. The van der Waals surface area contributed by atoms with Crippen molar-refractivity contribution in [2.24, 2.45) is 0 Å². The zero-order valence-corrected chi connectivity index (χ0v) is 24.3. The van der Waals surface area contributed by atoms with E-state index in [1.165, 1.54) is 0 Å². The van der Waals surface area contributed by atoms with Gasteiger partial charge in [0.1, 0.15) is 19.9 Å². The molecule has 0 unspecified atom stereocenters. The molecule has 4 rings (SSSR count). The summed E-state index contributed by atoms with van der Waals surface area (Å²) in [6, 6.07) is 31.9. The van der Waals surface area contributed by atoms with Crippen molar-refractivity contribution in [3.63, 3.8) is 0 Å². The molecule has 43 heavy (non-hydrogen) atoms. The van der Waals surface area contributed by atoms with E-state index in [0.717, 1.165) is 57.2 Å². The molecule has 7 nitrogen and oxygen atoms in total. The van der Waals surface area contributed by atoms with E-state index in [-0.39, 0.29) is 13.2 Å². The third-order valence-electron chi connectivity index (χ3n) is 6.78. The van der Waals surface area contributed by atoms with Gasteiger partial charge >= 0.3 is 11.9 Å². The predicted octanol–water partition coefficient (Wildman–Crippen LogP) is 7.17. The molecule has 0 aliphatic rings. The van der Waals surface area contributed by atoms with Crippen molar-refractivity contribution in [3.8, 4) is 0 Å². The molecule has 0 atom stereocenters. The second kappa shape index (κ2) is 15.1. The first kappa shape index (κ1) is 30.7. The normalized spacial score (nSPS) is 10.4. The van der Waals surface area contributed by atoms with E-state index in [2.05, 4.69) is 49.0 Å². The number of ether oxygens (including phenoxy) is 3. The van der Waals surface area contributed by atoms with Crippen molar-refractivity contribution in [2.45, 2.75) is 26.4 Å². The lowest BCUT2D eigenvalue weighted by atomic mass is 10.1. The molecule has 0 radical (unpaired) electrons. The Hall–Kier alpha value is -5.27. The van der Waals surface area contributed by atoms with Crippen LogP contribution < -0.4 is 9.48 Å². The second-order valence-corrected chi connectivity index (χ2v) is 9.77. The highest BCUT2D eigenvalue weighted by Gasteiger charge is 2.11. The van der Waals surface area contributed by atoms with Crippen LogP contribution in [0.4, 0.5) is 22.7 Å². The summed E-state index contributed by atoms with van der Waals surface area (Å²) in [5.74, 6) is -0.879. The summed E-state index contributed by atoms with van der Waals surface area (Å²) in [6.45, 7) is 12.4. The molecule has 0 fully saturated rings. The molecule has 0 aliphatic heterocycles. The molecule has 0 N–H and O–H groups in total. The van der Waals surface area contributed by atoms with Crippen LogP contribution in [0.1, 0.15) is 22.3 Å². The Bertz CT molecular complexity index is 1560. The van der Waals surface area contributed by atoms with Gasteiger partial charge in [-0.25, -0.2) is 9.59 Å². The minimum absolute atomic E-state index is 0.200. The lowest BCUT2D eigenvalue weighted by Crippen LogP contribution is -2.09. The van der Waals surface area contributed by atoms with Crippen LogP contribution >= 0.6 is 0 Å². The van der Waals surface area contributed by atoms with Gasteiger partial charge in [-0.3, -0.25) is 0 Å². The lowest BCUT2D eigenvalue weighted by Gasteiger charge is -2.20. The smallest absolute Gasteiger partial charge is 0.330 e.